The van der Waals surface area contributed by atoms with Crippen molar-refractivity contribution < 1.29 is 4.79 Å². The number of benzene rings is 2. The van der Waals surface area contributed by atoms with Gasteiger partial charge in [0, 0.05) is 25.7 Å². The summed E-state index contributed by atoms with van der Waals surface area (Å²) in [5.41, 5.74) is 10.8. The molecule has 0 bridgehead atoms. The summed E-state index contributed by atoms with van der Waals surface area (Å²) < 4.78 is 0. The second-order valence-corrected chi connectivity index (χ2v) is 10.4. The summed E-state index contributed by atoms with van der Waals surface area (Å²) in [6, 6.07) is 9.42. The van der Waals surface area contributed by atoms with Gasteiger partial charge in [-0.05, 0) is 102 Å². The number of amides is 1. The van der Waals surface area contributed by atoms with E-state index in [1.807, 2.05) is 0 Å². The lowest BCUT2D eigenvalue weighted by Crippen LogP contribution is -2.28. The highest BCUT2D eigenvalue weighted by Gasteiger charge is 2.22. The molecule has 0 saturated heterocycles. The first-order chi connectivity index (χ1) is 15.9. The average Bonchev–Trinajstić information content (AvgIpc) is 2.85. The van der Waals surface area contributed by atoms with E-state index in [0.717, 1.165) is 57.4 Å². The molecule has 2 aliphatic heterocycles. The van der Waals surface area contributed by atoms with Crippen LogP contribution in [0.5, 0.6) is 0 Å². The van der Waals surface area contributed by atoms with Crippen LogP contribution in [0, 0.1) is 0 Å². The molecule has 0 aliphatic carbocycles. The fraction of sp³-hybridized carbons (Fsp3) is 0.552. The molecule has 4 heteroatoms. The van der Waals surface area contributed by atoms with Crippen molar-refractivity contribution in [3.63, 3.8) is 0 Å². The van der Waals surface area contributed by atoms with E-state index in [0.29, 0.717) is 17.8 Å². The van der Waals surface area contributed by atoms with Crippen molar-refractivity contribution in [3.8, 4) is 0 Å². The van der Waals surface area contributed by atoms with Gasteiger partial charge < -0.3 is 16.0 Å². The fourth-order valence-corrected chi connectivity index (χ4v) is 5.52. The van der Waals surface area contributed by atoms with Crippen LogP contribution in [-0.4, -0.2) is 26.0 Å². The topological polar surface area (TPSA) is 53.2 Å². The van der Waals surface area contributed by atoms with Crippen LogP contribution < -0.4 is 16.0 Å². The molecule has 2 aromatic rings. The predicted octanol–water partition coefficient (Wildman–Crippen LogP) is 5.15. The van der Waals surface area contributed by atoms with Gasteiger partial charge in [0.05, 0.1) is 0 Å². The molecule has 2 heterocycles. The Morgan fingerprint density at radius 1 is 0.848 bits per heavy atom. The van der Waals surface area contributed by atoms with Crippen LogP contribution in [-0.2, 0) is 25.9 Å². The summed E-state index contributed by atoms with van der Waals surface area (Å²) in [4.78, 5) is 12.6. The van der Waals surface area contributed by atoms with Gasteiger partial charge in [-0.25, -0.2) is 0 Å². The summed E-state index contributed by atoms with van der Waals surface area (Å²) in [6.07, 6.45) is 4.33. The Labute approximate surface area is 199 Å². The Bertz CT molecular complexity index is 1010. The molecule has 0 saturated carbocycles. The van der Waals surface area contributed by atoms with Crippen molar-refractivity contribution >= 4 is 5.91 Å². The molecule has 0 radical (unpaired) electrons. The molecular formula is C29H41N3O. The van der Waals surface area contributed by atoms with E-state index in [1.165, 1.54) is 33.4 Å². The molecule has 0 fully saturated rings. The van der Waals surface area contributed by atoms with Gasteiger partial charge >= 0.3 is 0 Å². The molecule has 2 atom stereocenters. The Balaban J connectivity index is 1.54. The van der Waals surface area contributed by atoms with E-state index >= 15 is 0 Å². The van der Waals surface area contributed by atoms with Gasteiger partial charge in [0.2, 0.25) is 0 Å². The number of carbonyl (C=O) groups excluding carboxylic acids is 1. The van der Waals surface area contributed by atoms with E-state index in [9.17, 15) is 4.79 Å². The Morgan fingerprint density at radius 2 is 1.55 bits per heavy atom. The van der Waals surface area contributed by atoms with Crippen LogP contribution in [0.1, 0.15) is 108 Å². The van der Waals surface area contributed by atoms with E-state index in [1.54, 1.807) is 12.6 Å². The largest absolute Gasteiger partial charge is 0.355 e. The average molecular weight is 448 g/mol. The molecule has 0 spiro atoms. The van der Waals surface area contributed by atoms with Crippen LogP contribution in [0.15, 0.2) is 24.3 Å². The number of rotatable bonds is 7. The van der Waals surface area contributed by atoms with Gasteiger partial charge in [0.15, 0.2) is 0 Å². The molecule has 2 unspecified atom stereocenters. The maximum atomic E-state index is 12.6. The molecule has 2 aromatic carbocycles. The first-order valence-electron chi connectivity index (χ1n) is 12.8. The quantitative estimate of drug-likeness (QED) is 0.550. The zero-order valence-corrected chi connectivity index (χ0v) is 21.1. The van der Waals surface area contributed by atoms with E-state index < -0.39 is 0 Å². The van der Waals surface area contributed by atoms with Crippen molar-refractivity contribution in [3.05, 3.63) is 68.8 Å². The van der Waals surface area contributed by atoms with Gasteiger partial charge in [-0.15, -0.1) is 0 Å². The third kappa shape index (κ3) is 5.17. The highest BCUT2D eigenvalue weighted by molar-refractivity contribution is 5.96. The lowest BCUT2D eigenvalue weighted by Gasteiger charge is -2.27. The molecule has 0 aromatic heterocycles. The first kappa shape index (κ1) is 24.0. The van der Waals surface area contributed by atoms with Gasteiger partial charge in [-0.2, -0.15) is 0 Å². The van der Waals surface area contributed by atoms with Crippen molar-refractivity contribution in [2.24, 2.45) is 0 Å². The molecule has 1 amide bonds. The summed E-state index contributed by atoms with van der Waals surface area (Å²) in [5.74, 6) is 1.55. The number of fused-ring (bicyclic) bond motifs is 2. The highest BCUT2D eigenvalue weighted by Crippen LogP contribution is 2.35. The predicted molar refractivity (Wildman–Crippen MR) is 137 cm³/mol. The molecule has 2 aliphatic rings. The normalized spacial score (nSPS) is 17.3. The zero-order chi connectivity index (χ0) is 23.5. The van der Waals surface area contributed by atoms with Crippen LogP contribution in [0.4, 0.5) is 0 Å². The van der Waals surface area contributed by atoms with Crippen LogP contribution >= 0.6 is 0 Å². The summed E-state index contributed by atoms with van der Waals surface area (Å²) in [5, 5.41) is 9.90. The summed E-state index contributed by atoms with van der Waals surface area (Å²) >= 11 is 0. The number of hydrogen-bond acceptors (Lipinski definition) is 3. The maximum Gasteiger partial charge on any atom is 0.251 e. The Morgan fingerprint density at radius 3 is 2.30 bits per heavy atom. The van der Waals surface area contributed by atoms with Crippen LogP contribution in [0.3, 0.4) is 0 Å². The lowest BCUT2D eigenvalue weighted by atomic mass is 9.81. The van der Waals surface area contributed by atoms with Crippen LogP contribution in [0.2, 0.25) is 0 Å². The van der Waals surface area contributed by atoms with Gasteiger partial charge in [-0.1, -0.05) is 45.9 Å². The Hall–Kier alpha value is -2.17. The second-order valence-electron chi connectivity index (χ2n) is 10.4. The van der Waals surface area contributed by atoms with Crippen molar-refractivity contribution in [1.82, 2.24) is 16.0 Å². The molecule has 3 N–H and O–H groups in total. The van der Waals surface area contributed by atoms with E-state index in [4.69, 9.17) is 0 Å². The van der Waals surface area contributed by atoms with E-state index in [2.05, 4.69) is 67.9 Å². The SMILES string of the molecule is CNC(=O)c1cc(C(C)CCC(C)c2cc(C(C)C)cc3c2CNCC3)cc2c1CCNC2. The third-order valence-corrected chi connectivity index (χ3v) is 7.77. The minimum atomic E-state index is 0.0418. The lowest BCUT2D eigenvalue weighted by molar-refractivity contribution is 0.0961. The minimum absolute atomic E-state index is 0.0418. The van der Waals surface area contributed by atoms with E-state index in [-0.39, 0.29) is 5.91 Å². The van der Waals surface area contributed by atoms with Crippen LogP contribution in [0.25, 0.3) is 0 Å². The summed E-state index contributed by atoms with van der Waals surface area (Å²) in [6.45, 7) is 13.2. The standard InChI is InChI=1S/C29H41N3O/c1-18(2)22-12-21-8-10-32-17-28(21)26(14-22)20(4)7-6-19(3)23-13-24-16-31-11-9-25(24)27(15-23)29(33)30-5/h12-15,18-20,31-32H,6-11,16-17H2,1-5H3,(H,30,33). The van der Waals surface area contributed by atoms with Crippen molar-refractivity contribution in [2.75, 3.05) is 20.1 Å². The van der Waals surface area contributed by atoms with Crippen molar-refractivity contribution in [1.29, 1.82) is 0 Å². The maximum absolute atomic E-state index is 12.6. The molecule has 33 heavy (non-hydrogen) atoms. The van der Waals surface area contributed by atoms with Gasteiger partial charge in [-0.3, -0.25) is 4.79 Å². The molecule has 4 rings (SSSR count). The number of hydrogen-bond donors (Lipinski definition) is 3. The minimum Gasteiger partial charge on any atom is -0.355 e. The van der Waals surface area contributed by atoms with Gasteiger partial charge in [0.25, 0.3) is 5.91 Å². The second kappa shape index (κ2) is 10.4. The summed E-state index contributed by atoms with van der Waals surface area (Å²) in [7, 11) is 1.73. The third-order valence-electron chi connectivity index (χ3n) is 7.77. The smallest absolute Gasteiger partial charge is 0.251 e. The van der Waals surface area contributed by atoms with Gasteiger partial charge in [0.1, 0.15) is 0 Å². The first-order valence-corrected chi connectivity index (χ1v) is 12.8. The number of nitrogens with one attached hydrogen (secondary N) is 3. The monoisotopic (exact) mass is 447 g/mol. The fourth-order valence-electron chi connectivity index (χ4n) is 5.52. The molecular weight excluding hydrogens is 406 g/mol. The Kier molecular flexibility index (Phi) is 7.55. The highest BCUT2D eigenvalue weighted by atomic mass is 16.1. The van der Waals surface area contributed by atoms with Crippen molar-refractivity contribution in [2.45, 2.75) is 84.2 Å². The molecule has 4 nitrogen and oxygen atoms in total. The zero-order valence-electron chi connectivity index (χ0n) is 21.1. The molecule has 178 valence electrons. The number of carbonyl (C=O) groups is 1.